The van der Waals surface area contributed by atoms with E-state index in [0.717, 1.165) is 21.8 Å². The smallest absolute Gasteiger partial charge is 0.345 e. The van der Waals surface area contributed by atoms with Gasteiger partial charge >= 0.3 is 11.6 Å². The number of hydrogen-bond acceptors (Lipinski definition) is 11. The van der Waals surface area contributed by atoms with Crippen molar-refractivity contribution in [2.45, 2.75) is 0 Å². The van der Waals surface area contributed by atoms with E-state index in [0.29, 0.717) is 0 Å². The van der Waals surface area contributed by atoms with E-state index in [-0.39, 0.29) is 28.9 Å². The van der Waals surface area contributed by atoms with Gasteiger partial charge in [-0.3, -0.25) is 10.2 Å². The first-order valence-electron chi connectivity index (χ1n) is 6.89. The van der Waals surface area contributed by atoms with Gasteiger partial charge in [0.1, 0.15) is 14.1 Å². The Balaban J connectivity index is 0.000000194. The summed E-state index contributed by atoms with van der Waals surface area (Å²) in [4.78, 5) is 30.5. The van der Waals surface area contributed by atoms with Crippen LogP contribution < -0.4 is 11.3 Å². The van der Waals surface area contributed by atoms with Gasteiger partial charge in [-0.25, -0.2) is 5.84 Å². The molecule has 3 rings (SSSR count). The molecule has 16 heteroatoms. The normalized spacial score (nSPS) is 10.0. The molecule has 3 aromatic rings. The van der Waals surface area contributed by atoms with Crippen molar-refractivity contribution >= 4 is 17.5 Å². The molecule has 0 aliphatic rings. The zero-order valence-electron chi connectivity index (χ0n) is 13.8. The predicted octanol–water partition coefficient (Wildman–Crippen LogP) is -0.690. The first kappa shape index (κ1) is 19.1. The molecular formula is C11H12N10O6. The van der Waals surface area contributed by atoms with Crippen LogP contribution in [0.4, 0.5) is 11.6 Å². The lowest BCUT2D eigenvalue weighted by Gasteiger charge is -1.89. The van der Waals surface area contributed by atoms with Crippen LogP contribution in [-0.2, 0) is 14.1 Å². The lowest BCUT2D eigenvalue weighted by molar-refractivity contribution is -0.392. The van der Waals surface area contributed by atoms with E-state index in [1.165, 1.54) is 20.2 Å². The third-order valence-corrected chi connectivity index (χ3v) is 3.03. The number of aryl methyl sites for hydroxylation is 2. The Labute approximate surface area is 148 Å². The number of hydrogen-bond donors (Lipinski definition) is 2. The number of hydrazine groups is 1. The topological polar surface area (TPSA) is 216 Å². The largest absolute Gasteiger partial charge is 0.422 e. The van der Waals surface area contributed by atoms with E-state index < -0.39 is 15.8 Å². The number of carbonyl (C=O) groups excluding carboxylic acids is 1. The molecule has 3 N–H and O–H groups in total. The van der Waals surface area contributed by atoms with Crippen LogP contribution >= 0.6 is 0 Å². The molecule has 0 spiro atoms. The van der Waals surface area contributed by atoms with E-state index in [4.69, 9.17) is 10.3 Å². The first-order chi connectivity index (χ1) is 12.7. The summed E-state index contributed by atoms with van der Waals surface area (Å²) in [6, 6.07) is 2.32. The number of nitrogens with two attached hydrogens (primary N) is 1. The van der Waals surface area contributed by atoms with Crippen LogP contribution in [0.25, 0.3) is 11.6 Å². The summed E-state index contributed by atoms with van der Waals surface area (Å²) in [6.45, 7) is 0. The third kappa shape index (κ3) is 4.25. The van der Waals surface area contributed by atoms with Gasteiger partial charge in [0.2, 0.25) is 6.39 Å². The van der Waals surface area contributed by atoms with Crippen LogP contribution in [0.15, 0.2) is 22.9 Å². The number of rotatable bonds is 4. The maximum atomic E-state index is 10.9. The average Bonchev–Trinajstić information content (AvgIpc) is 3.33. The van der Waals surface area contributed by atoms with E-state index in [2.05, 4.69) is 20.4 Å². The summed E-state index contributed by atoms with van der Waals surface area (Å²) in [5.74, 6) is 3.93. The Kier molecular flexibility index (Phi) is 5.51. The maximum Gasteiger partial charge on any atom is 0.345 e. The molecule has 3 heterocycles. The minimum atomic E-state index is -0.663. The van der Waals surface area contributed by atoms with Crippen molar-refractivity contribution < 1.29 is 19.1 Å². The Morgan fingerprint density at radius 3 is 2.19 bits per heavy atom. The second-order valence-electron chi connectivity index (χ2n) is 4.75. The molecule has 3 aromatic heterocycles. The van der Waals surface area contributed by atoms with Gasteiger partial charge in [-0.15, -0.1) is 19.6 Å². The van der Waals surface area contributed by atoms with Crippen molar-refractivity contribution in [1.82, 2.24) is 35.2 Å². The third-order valence-electron chi connectivity index (χ3n) is 3.03. The second-order valence-corrected chi connectivity index (χ2v) is 4.75. The molecule has 0 atom stereocenters. The number of nitrogens with one attached hydrogen (secondary N) is 1. The number of nitrogen functional groups attached to an aromatic ring is 1. The standard InChI is InChI=1S/C6H5N5O3.C5H7N5O3/c1-10-5(11(12)13)2-4(9-10)6-8-7-3-14-6;1-9-4(10(12)13)2-3(8-9)5(11)7-6/h2-3H,1H3;2H,6H2,1H3,(H,7,11). The molecule has 142 valence electrons. The molecule has 0 unspecified atom stereocenters. The van der Waals surface area contributed by atoms with Gasteiger partial charge in [-0.1, -0.05) is 10.2 Å². The molecule has 0 aliphatic carbocycles. The number of nitrogens with zero attached hydrogens (tertiary/aromatic N) is 8. The zero-order valence-corrected chi connectivity index (χ0v) is 13.8. The monoisotopic (exact) mass is 380 g/mol. The number of amides is 1. The van der Waals surface area contributed by atoms with Crippen molar-refractivity contribution in [3.05, 3.63) is 44.4 Å². The maximum absolute atomic E-state index is 10.9. The van der Waals surface area contributed by atoms with E-state index in [1.807, 2.05) is 5.43 Å². The fraction of sp³-hybridized carbons (Fsp3) is 0.182. The lowest BCUT2D eigenvalue weighted by atomic mass is 10.4. The molecular weight excluding hydrogens is 368 g/mol. The van der Waals surface area contributed by atoms with Crippen LogP contribution in [0.5, 0.6) is 0 Å². The van der Waals surface area contributed by atoms with Crippen molar-refractivity contribution in [3.8, 4) is 11.6 Å². The summed E-state index contributed by atoms with van der Waals surface area (Å²) in [5.41, 5.74) is 2.03. The summed E-state index contributed by atoms with van der Waals surface area (Å²) in [7, 11) is 2.84. The predicted molar refractivity (Wildman–Crippen MR) is 84.7 cm³/mol. The Hall–Kier alpha value is -4.21. The van der Waals surface area contributed by atoms with Crippen molar-refractivity contribution in [3.63, 3.8) is 0 Å². The zero-order chi connectivity index (χ0) is 20.1. The van der Waals surface area contributed by atoms with Crippen LogP contribution in [0.2, 0.25) is 0 Å². The van der Waals surface area contributed by atoms with Crippen LogP contribution in [-0.4, -0.2) is 45.5 Å². The fourth-order valence-electron chi connectivity index (χ4n) is 1.83. The van der Waals surface area contributed by atoms with Crippen molar-refractivity contribution in [2.24, 2.45) is 19.9 Å². The molecule has 1 amide bonds. The van der Waals surface area contributed by atoms with Gasteiger partial charge in [0.25, 0.3) is 11.8 Å². The highest BCUT2D eigenvalue weighted by molar-refractivity contribution is 5.92. The van der Waals surface area contributed by atoms with Crippen LogP contribution in [0.3, 0.4) is 0 Å². The minimum Gasteiger partial charge on any atom is -0.422 e. The van der Waals surface area contributed by atoms with Crippen molar-refractivity contribution in [2.75, 3.05) is 0 Å². The fourth-order valence-corrected chi connectivity index (χ4v) is 1.83. The Morgan fingerprint density at radius 1 is 1.15 bits per heavy atom. The number of carbonyl (C=O) groups is 1. The molecule has 0 bridgehead atoms. The van der Waals surface area contributed by atoms with Gasteiger partial charge < -0.3 is 24.6 Å². The van der Waals surface area contributed by atoms with Gasteiger partial charge in [-0.2, -0.15) is 0 Å². The lowest BCUT2D eigenvalue weighted by Crippen LogP contribution is -2.30. The quantitative estimate of drug-likeness (QED) is 0.250. The Morgan fingerprint density at radius 2 is 1.74 bits per heavy atom. The molecule has 0 fully saturated rings. The minimum absolute atomic E-state index is 0.0864. The number of nitro groups is 2. The van der Waals surface area contributed by atoms with E-state index >= 15 is 0 Å². The number of aromatic nitrogens is 6. The SMILES string of the molecule is Cn1nc(-c2nnco2)cc1[N+](=O)[O-].Cn1nc(C(=O)NN)cc1[N+](=O)[O-]. The second kappa shape index (κ2) is 7.78. The van der Waals surface area contributed by atoms with Crippen LogP contribution in [0.1, 0.15) is 10.5 Å². The van der Waals surface area contributed by atoms with E-state index in [1.54, 1.807) is 0 Å². The highest BCUT2D eigenvalue weighted by Gasteiger charge is 2.19. The summed E-state index contributed by atoms with van der Waals surface area (Å²) >= 11 is 0. The molecule has 0 aliphatic heterocycles. The van der Waals surface area contributed by atoms with Crippen molar-refractivity contribution in [1.29, 1.82) is 0 Å². The highest BCUT2D eigenvalue weighted by atomic mass is 16.6. The summed E-state index contributed by atoms with van der Waals surface area (Å²) < 4.78 is 6.98. The summed E-state index contributed by atoms with van der Waals surface area (Å²) in [6.07, 6.45) is 1.13. The van der Waals surface area contributed by atoms with Crippen LogP contribution in [0, 0.1) is 20.2 Å². The molecule has 0 saturated heterocycles. The highest BCUT2D eigenvalue weighted by Crippen LogP contribution is 2.19. The average molecular weight is 380 g/mol. The van der Waals surface area contributed by atoms with Gasteiger partial charge in [0.05, 0.1) is 12.1 Å². The van der Waals surface area contributed by atoms with Gasteiger partial charge in [-0.05, 0) is 9.85 Å². The van der Waals surface area contributed by atoms with E-state index in [9.17, 15) is 25.0 Å². The first-order valence-corrected chi connectivity index (χ1v) is 6.89. The molecule has 0 radical (unpaired) electrons. The molecule has 27 heavy (non-hydrogen) atoms. The molecule has 16 nitrogen and oxygen atoms in total. The summed E-state index contributed by atoms with van der Waals surface area (Å²) in [5, 5.41) is 35.3. The van der Waals surface area contributed by atoms with Gasteiger partial charge in [0.15, 0.2) is 11.4 Å². The molecule has 0 aromatic carbocycles. The van der Waals surface area contributed by atoms with Gasteiger partial charge in [0, 0.05) is 0 Å². The Bertz CT molecular complexity index is 974. The molecule has 0 saturated carbocycles.